The van der Waals surface area contributed by atoms with E-state index >= 15 is 0 Å². The molecule has 0 radical (unpaired) electrons. The van der Waals surface area contributed by atoms with Crippen LogP contribution in [0, 0.1) is 20.8 Å². The molecule has 1 saturated heterocycles. The van der Waals surface area contributed by atoms with E-state index in [1.807, 2.05) is 51.1 Å². The number of hydrogen-bond donors (Lipinski definition) is 0. The Morgan fingerprint density at radius 3 is 2.33 bits per heavy atom. The molecule has 146 valence electrons. The molecule has 0 amide bonds. The lowest BCUT2D eigenvalue weighted by atomic mass is 10.1. The van der Waals surface area contributed by atoms with Gasteiger partial charge in [0.2, 0.25) is 10.0 Å². The lowest BCUT2D eigenvalue weighted by molar-refractivity contribution is 0.345. The number of para-hydroxylation sites is 1. The quantitative estimate of drug-likeness (QED) is 0.748. The van der Waals surface area contributed by atoms with Gasteiger partial charge in [0, 0.05) is 17.9 Å². The highest BCUT2D eigenvalue weighted by atomic mass is 32.2. The Morgan fingerprint density at radius 1 is 1.07 bits per heavy atom. The number of aryl methyl sites for hydroxylation is 3. The first-order chi connectivity index (χ1) is 12.8. The van der Waals surface area contributed by atoms with Gasteiger partial charge < -0.3 is 9.47 Å². The van der Waals surface area contributed by atoms with E-state index in [1.54, 1.807) is 30.3 Å². The Morgan fingerprint density at radius 2 is 1.74 bits per heavy atom. The first-order valence-corrected chi connectivity index (χ1v) is 11.2. The second-order valence-corrected chi connectivity index (χ2v) is 9.66. The highest BCUT2D eigenvalue weighted by Gasteiger charge is 2.39. The van der Waals surface area contributed by atoms with E-state index in [9.17, 15) is 8.42 Å². The van der Waals surface area contributed by atoms with Crippen molar-refractivity contribution in [3.8, 4) is 11.5 Å². The van der Waals surface area contributed by atoms with Crippen LogP contribution in [0.15, 0.2) is 35.2 Å². The molecule has 1 atom stereocenters. The third-order valence-electron chi connectivity index (χ3n) is 4.72. The van der Waals surface area contributed by atoms with Crippen LogP contribution in [0.2, 0.25) is 0 Å². The molecule has 5 nitrogen and oxygen atoms in total. The van der Waals surface area contributed by atoms with E-state index in [0.29, 0.717) is 22.9 Å². The number of methoxy groups -OCH3 is 2. The normalized spacial score (nSPS) is 17.9. The molecule has 0 spiro atoms. The zero-order valence-corrected chi connectivity index (χ0v) is 17.9. The summed E-state index contributed by atoms with van der Waals surface area (Å²) in [5.74, 6) is 1.91. The second-order valence-electron chi connectivity index (χ2n) is 6.65. The highest BCUT2D eigenvalue weighted by molar-refractivity contribution is 8.01. The summed E-state index contributed by atoms with van der Waals surface area (Å²) in [6.45, 7) is 6.16. The molecular formula is C20H25NO4S2. The molecule has 0 saturated carbocycles. The molecule has 1 fully saturated rings. The molecule has 3 rings (SSSR count). The maximum Gasteiger partial charge on any atom is 0.244 e. The van der Waals surface area contributed by atoms with Gasteiger partial charge >= 0.3 is 0 Å². The molecule has 0 bridgehead atoms. The minimum Gasteiger partial charge on any atom is -0.493 e. The van der Waals surface area contributed by atoms with Crippen molar-refractivity contribution in [1.29, 1.82) is 0 Å². The molecule has 1 aliphatic heterocycles. The Balaban J connectivity index is 2.10. The summed E-state index contributed by atoms with van der Waals surface area (Å²) in [5.41, 5.74) is 3.43. The van der Waals surface area contributed by atoms with Crippen molar-refractivity contribution in [2.45, 2.75) is 31.0 Å². The van der Waals surface area contributed by atoms with Gasteiger partial charge in [-0.3, -0.25) is 0 Å². The van der Waals surface area contributed by atoms with Crippen LogP contribution in [0.25, 0.3) is 0 Å². The minimum absolute atomic E-state index is 0.347. The molecule has 0 N–H and O–H groups in total. The van der Waals surface area contributed by atoms with Gasteiger partial charge in [0.15, 0.2) is 11.5 Å². The van der Waals surface area contributed by atoms with Crippen LogP contribution in [0.3, 0.4) is 0 Å². The summed E-state index contributed by atoms with van der Waals surface area (Å²) in [5, 5.41) is -0.347. The number of benzene rings is 2. The van der Waals surface area contributed by atoms with Gasteiger partial charge in [0.25, 0.3) is 0 Å². The number of nitrogens with zero attached hydrogens (tertiary/aromatic N) is 1. The predicted octanol–water partition coefficient (Wildman–Crippen LogP) is 4.07. The Bertz CT molecular complexity index is 933. The SMILES string of the molecule is COc1cccc(C2SCCN2S(=O)(=O)c2c(C)cc(C)cc2C)c1OC. The number of ether oxygens (including phenoxy) is 2. The number of rotatable bonds is 5. The van der Waals surface area contributed by atoms with Gasteiger partial charge in [0.05, 0.1) is 24.5 Å². The van der Waals surface area contributed by atoms with Gasteiger partial charge in [-0.1, -0.05) is 29.8 Å². The summed E-state index contributed by atoms with van der Waals surface area (Å²) in [6, 6.07) is 9.42. The topological polar surface area (TPSA) is 55.8 Å². The molecule has 0 aliphatic carbocycles. The van der Waals surface area contributed by atoms with Crippen molar-refractivity contribution in [3.63, 3.8) is 0 Å². The Labute approximate surface area is 165 Å². The molecule has 0 aromatic heterocycles. The minimum atomic E-state index is -3.64. The summed E-state index contributed by atoms with van der Waals surface area (Å²) >= 11 is 1.60. The van der Waals surface area contributed by atoms with Crippen molar-refractivity contribution < 1.29 is 17.9 Å². The average molecular weight is 408 g/mol. The molecule has 1 aliphatic rings. The fourth-order valence-electron chi connectivity index (χ4n) is 3.74. The maximum atomic E-state index is 13.6. The van der Waals surface area contributed by atoms with Crippen LogP contribution < -0.4 is 9.47 Å². The molecular weight excluding hydrogens is 382 g/mol. The van der Waals surface area contributed by atoms with Crippen LogP contribution in [-0.2, 0) is 10.0 Å². The third kappa shape index (κ3) is 3.56. The maximum absolute atomic E-state index is 13.6. The molecule has 1 unspecified atom stereocenters. The van der Waals surface area contributed by atoms with Crippen molar-refractivity contribution in [2.24, 2.45) is 0 Å². The van der Waals surface area contributed by atoms with Crippen LogP contribution in [0.5, 0.6) is 11.5 Å². The van der Waals surface area contributed by atoms with E-state index in [-0.39, 0.29) is 5.37 Å². The van der Waals surface area contributed by atoms with E-state index in [4.69, 9.17) is 9.47 Å². The highest BCUT2D eigenvalue weighted by Crippen LogP contribution is 2.47. The van der Waals surface area contributed by atoms with Crippen LogP contribution in [0.1, 0.15) is 27.6 Å². The van der Waals surface area contributed by atoms with Gasteiger partial charge in [-0.05, 0) is 38.0 Å². The zero-order chi connectivity index (χ0) is 19.8. The Hall–Kier alpha value is -1.70. The zero-order valence-electron chi connectivity index (χ0n) is 16.3. The first-order valence-electron chi connectivity index (χ1n) is 8.73. The largest absolute Gasteiger partial charge is 0.493 e. The van der Waals surface area contributed by atoms with Crippen molar-refractivity contribution in [3.05, 3.63) is 52.6 Å². The third-order valence-corrected chi connectivity index (χ3v) is 8.27. The molecule has 2 aromatic rings. The van der Waals surface area contributed by atoms with Gasteiger partial charge in [0.1, 0.15) is 0 Å². The summed E-state index contributed by atoms with van der Waals surface area (Å²) in [6.07, 6.45) is 0. The second kappa shape index (κ2) is 7.73. The molecule has 2 aromatic carbocycles. The van der Waals surface area contributed by atoms with Crippen molar-refractivity contribution in [2.75, 3.05) is 26.5 Å². The summed E-state index contributed by atoms with van der Waals surface area (Å²) in [7, 11) is -0.485. The van der Waals surface area contributed by atoms with Crippen molar-refractivity contribution in [1.82, 2.24) is 4.31 Å². The van der Waals surface area contributed by atoms with Crippen LogP contribution in [0.4, 0.5) is 0 Å². The predicted molar refractivity (Wildman–Crippen MR) is 109 cm³/mol. The van der Waals surface area contributed by atoms with Crippen LogP contribution in [-0.4, -0.2) is 39.2 Å². The number of sulfonamides is 1. The fourth-order valence-corrected chi connectivity index (χ4v) is 7.41. The number of thioether (sulfide) groups is 1. The van der Waals surface area contributed by atoms with E-state index in [1.165, 1.54) is 0 Å². The average Bonchev–Trinajstić information content (AvgIpc) is 3.10. The fraction of sp³-hybridized carbons (Fsp3) is 0.400. The Kier molecular flexibility index (Phi) is 5.74. The van der Waals surface area contributed by atoms with E-state index in [0.717, 1.165) is 28.0 Å². The summed E-state index contributed by atoms with van der Waals surface area (Å²) in [4.78, 5) is 0.405. The van der Waals surface area contributed by atoms with E-state index < -0.39 is 10.0 Å². The van der Waals surface area contributed by atoms with Gasteiger partial charge in [-0.2, -0.15) is 4.31 Å². The van der Waals surface area contributed by atoms with E-state index in [2.05, 4.69) is 0 Å². The van der Waals surface area contributed by atoms with Crippen LogP contribution >= 0.6 is 11.8 Å². The lowest BCUT2D eigenvalue weighted by Crippen LogP contribution is -2.31. The first kappa shape index (κ1) is 20.0. The molecule has 1 heterocycles. The molecule has 27 heavy (non-hydrogen) atoms. The number of hydrogen-bond acceptors (Lipinski definition) is 5. The van der Waals surface area contributed by atoms with Gasteiger partial charge in [-0.15, -0.1) is 11.8 Å². The lowest BCUT2D eigenvalue weighted by Gasteiger charge is -2.27. The summed E-state index contributed by atoms with van der Waals surface area (Å²) < 4.78 is 39.7. The monoisotopic (exact) mass is 407 g/mol. The standard InChI is InChI=1S/C20H25NO4S2/c1-13-11-14(2)19(15(3)12-13)27(22,23)21-9-10-26-20(21)16-7-6-8-17(24-4)18(16)25-5/h6-8,11-12,20H,9-10H2,1-5H3. The molecule has 7 heteroatoms. The van der Waals surface area contributed by atoms with Gasteiger partial charge in [-0.25, -0.2) is 8.42 Å². The smallest absolute Gasteiger partial charge is 0.244 e. The van der Waals surface area contributed by atoms with Crippen molar-refractivity contribution >= 4 is 21.8 Å².